The van der Waals surface area contributed by atoms with Gasteiger partial charge in [-0.1, -0.05) is 24.3 Å². The normalized spacial score (nSPS) is 16.7. The number of rotatable bonds is 3. The summed E-state index contributed by atoms with van der Waals surface area (Å²) in [6.07, 6.45) is 5.05. The molecule has 0 saturated heterocycles. The molecule has 1 fully saturated rings. The molecule has 1 aromatic heterocycles. The van der Waals surface area contributed by atoms with E-state index in [1.807, 2.05) is 30.5 Å². The molecule has 0 unspecified atom stereocenters. The van der Waals surface area contributed by atoms with Crippen LogP contribution in [0.2, 0.25) is 0 Å². The van der Waals surface area contributed by atoms with E-state index in [0.29, 0.717) is 0 Å². The van der Waals surface area contributed by atoms with Gasteiger partial charge in [-0.05, 0) is 24.0 Å². The molecule has 2 aromatic rings. The first-order valence-electron chi connectivity index (χ1n) is 5.55. The lowest BCUT2D eigenvalue weighted by Gasteiger charge is -2.10. The number of aromatic amines is 1. The molecule has 4 heteroatoms. The number of hydrogen-bond donors (Lipinski definition) is 2. The fourth-order valence-electron chi connectivity index (χ4n) is 2.14. The second kappa shape index (κ2) is 3.45. The number of hydrogen-bond acceptors (Lipinski definition) is 2. The van der Waals surface area contributed by atoms with E-state index in [4.69, 9.17) is 0 Å². The van der Waals surface area contributed by atoms with Gasteiger partial charge in [-0.3, -0.25) is 9.89 Å². The lowest BCUT2D eigenvalue weighted by molar-refractivity contribution is -0.140. The minimum atomic E-state index is -0.714. The Balaban J connectivity index is 1.94. The van der Waals surface area contributed by atoms with Crippen molar-refractivity contribution in [2.75, 3.05) is 0 Å². The number of nitrogens with zero attached hydrogens (tertiary/aromatic N) is 1. The molecule has 0 amide bonds. The van der Waals surface area contributed by atoms with Crippen LogP contribution in [0.4, 0.5) is 0 Å². The highest BCUT2D eigenvalue weighted by atomic mass is 16.4. The van der Waals surface area contributed by atoms with Gasteiger partial charge in [0.1, 0.15) is 0 Å². The maximum absolute atomic E-state index is 11.2. The number of nitrogens with one attached hydrogen (secondary N) is 1. The smallest absolute Gasteiger partial charge is 0.314 e. The van der Waals surface area contributed by atoms with Gasteiger partial charge in [0.15, 0.2) is 0 Å². The van der Waals surface area contributed by atoms with Gasteiger partial charge in [0.2, 0.25) is 0 Å². The highest BCUT2D eigenvalue weighted by Crippen LogP contribution is 2.48. The third-order valence-corrected chi connectivity index (χ3v) is 3.43. The van der Waals surface area contributed by atoms with Crippen LogP contribution in [0, 0.1) is 0 Å². The average molecular weight is 228 g/mol. The van der Waals surface area contributed by atoms with Crippen LogP contribution in [-0.2, 0) is 10.2 Å². The molecule has 0 atom stereocenters. The summed E-state index contributed by atoms with van der Waals surface area (Å²) in [5.74, 6) is -0.714. The third-order valence-electron chi connectivity index (χ3n) is 3.43. The van der Waals surface area contributed by atoms with Gasteiger partial charge >= 0.3 is 5.97 Å². The van der Waals surface area contributed by atoms with Gasteiger partial charge in [0.05, 0.1) is 11.6 Å². The predicted molar refractivity (Wildman–Crippen MR) is 62.6 cm³/mol. The van der Waals surface area contributed by atoms with Gasteiger partial charge in [-0.25, -0.2) is 0 Å². The SMILES string of the molecule is O=C(O)C1(c2ccc(-c3cn[nH]c3)cc2)CC1. The molecule has 3 rings (SSSR count). The lowest BCUT2D eigenvalue weighted by Crippen LogP contribution is -2.19. The second-order valence-corrected chi connectivity index (χ2v) is 4.45. The van der Waals surface area contributed by atoms with E-state index in [1.165, 1.54) is 0 Å². The summed E-state index contributed by atoms with van der Waals surface area (Å²) < 4.78 is 0. The topological polar surface area (TPSA) is 66.0 Å². The minimum absolute atomic E-state index is 0.616. The monoisotopic (exact) mass is 228 g/mol. The zero-order valence-electron chi connectivity index (χ0n) is 9.18. The zero-order chi connectivity index (χ0) is 11.9. The Morgan fingerprint density at radius 1 is 1.24 bits per heavy atom. The molecule has 0 radical (unpaired) electrons. The first kappa shape index (κ1) is 10.1. The lowest BCUT2D eigenvalue weighted by atomic mass is 9.94. The van der Waals surface area contributed by atoms with E-state index in [0.717, 1.165) is 29.5 Å². The molecule has 1 aliphatic rings. The van der Waals surface area contributed by atoms with Crippen molar-refractivity contribution in [3.05, 3.63) is 42.2 Å². The minimum Gasteiger partial charge on any atom is -0.481 e. The average Bonchev–Trinajstić information content (AvgIpc) is 2.98. The highest BCUT2D eigenvalue weighted by Gasteiger charge is 2.51. The van der Waals surface area contributed by atoms with Crippen LogP contribution in [0.15, 0.2) is 36.7 Å². The van der Waals surface area contributed by atoms with Crippen molar-refractivity contribution in [2.24, 2.45) is 0 Å². The van der Waals surface area contributed by atoms with Crippen molar-refractivity contribution in [3.63, 3.8) is 0 Å². The molecule has 17 heavy (non-hydrogen) atoms. The van der Waals surface area contributed by atoms with Gasteiger partial charge in [-0.2, -0.15) is 5.10 Å². The van der Waals surface area contributed by atoms with Crippen molar-refractivity contribution in [3.8, 4) is 11.1 Å². The van der Waals surface area contributed by atoms with Crippen LogP contribution < -0.4 is 0 Å². The van der Waals surface area contributed by atoms with E-state index < -0.39 is 11.4 Å². The van der Waals surface area contributed by atoms with Crippen molar-refractivity contribution in [2.45, 2.75) is 18.3 Å². The Morgan fingerprint density at radius 2 is 1.94 bits per heavy atom. The van der Waals surface area contributed by atoms with Gasteiger partial charge < -0.3 is 5.11 Å². The molecule has 0 aliphatic heterocycles. The molecule has 0 spiro atoms. The summed E-state index contributed by atoms with van der Waals surface area (Å²) >= 11 is 0. The molecule has 86 valence electrons. The number of aliphatic carboxylic acids is 1. The molecular formula is C13H12N2O2. The molecule has 1 aliphatic carbocycles. The molecule has 4 nitrogen and oxygen atoms in total. The summed E-state index contributed by atoms with van der Waals surface area (Å²) in [6, 6.07) is 7.71. The Kier molecular flexibility index (Phi) is 2.04. The zero-order valence-corrected chi connectivity index (χ0v) is 9.18. The fourth-order valence-corrected chi connectivity index (χ4v) is 2.14. The maximum Gasteiger partial charge on any atom is 0.314 e. The first-order chi connectivity index (χ1) is 8.22. The maximum atomic E-state index is 11.2. The van der Waals surface area contributed by atoms with Gasteiger partial charge in [0, 0.05) is 11.8 Å². The molecule has 0 bridgehead atoms. The van der Waals surface area contributed by atoms with Crippen LogP contribution in [-0.4, -0.2) is 21.3 Å². The quantitative estimate of drug-likeness (QED) is 0.846. The molecular weight excluding hydrogens is 216 g/mol. The number of carboxylic acid groups (broad SMARTS) is 1. The third kappa shape index (κ3) is 1.53. The van der Waals surface area contributed by atoms with E-state index in [9.17, 15) is 9.90 Å². The Morgan fingerprint density at radius 3 is 2.41 bits per heavy atom. The van der Waals surface area contributed by atoms with Crippen molar-refractivity contribution >= 4 is 5.97 Å². The van der Waals surface area contributed by atoms with Crippen molar-refractivity contribution in [1.29, 1.82) is 0 Å². The molecule has 1 aromatic carbocycles. The van der Waals surface area contributed by atoms with Gasteiger partial charge in [0.25, 0.3) is 0 Å². The van der Waals surface area contributed by atoms with Crippen LogP contribution in [0.3, 0.4) is 0 Å². The van der Waals surface area contributed by atoms with Crippen LogP contribution in [0.25, 0.3) is 11.1 Å². The van der Waals surface area contributed by atoms with Crippen LogP contribution in [0.5, 0.6) is 0 Å². The summed E-state index contributed by atoms with van der Waals surface area (Å²) in [4.78, 5) is 11.2. The number of H-pyrrole nitrogens is 1. The van der Waals surface area contributed by atoms with E-state index >= 15 is 0 Å². The number of carboxylic acids is 1. The van der Waals surface area contributed by atoms with E-state index in [2.05, 4.69) is 10.2 Å². The molecule has 1 saturated carbocycles. The highest BCUT2D eigenvalue weighted by molar-refractivity contribution is 5.85. The van der Waals surface area contributed by atoms with E-state index in [1.54, 1.807) is 6.20 Å². The van der Waals surface area contributed by atoms with Crippen LogP contribution >= 0.6 is 0 Å². The van der Waals surface area contributed by atoms with Gasteiger partial charge in [-0.15, -0.1) is 0 Å². The van der Waals surface area contributed by atoms with Crippen molar-refractivity contribution in [1.82, 2.24) is 10.2 Å². The largest absolute Gasteiger partial charge is 0.481 e. The molecule has 2 N–H and O–H groups in total. The number of carbonyl (C=O) groups is 1. The number of aromatic nitrogens is 2. The molecule has 1 heterocycles. The second-order valence-electron chi connectivity index (χ2n) is 4.45. The first-order valence-corrected chi connectivity index (χ1v) is 5.55. The number of benzene rings is 1. The Labute approximate surface area is 98.3 Å². The summed E-state index contributed by atoms with van der Waals surface area (Å²) in [7, 11) is 0. The fraction of sp³-hybridized carbons (Fsp3) is 0.231. The van der Waals surface area contributed by atoms with Crippen molar-refractivity contribution < 1.29 is 9.90 Å². The Hall–Kier alpha value is -2.10. The van der Waals surface area contributed by atoms with Crippen LogP contribution in [0.1, 0.15) is 18.4 Å². The van der Waals surface area contributed by atoms with E-state index in [-0.39, 0.29) is 0 Å². The summed E-state index contributed by atoms with van der Waals surface area (Å²) in [6.45, 7) is 0. The predicted octanol–water partition coefficient (Wildman–Crippen LogP) is 2.19. The summed E-state index contributed by atoms with van der Waals surface area (Å²) in [5.41, 5.74) is 2.34. The Bertz CT molecular complexity index is 539. The summed E-state index contributed by atoms with van der Waals surface area (Å²) in [5, 5.41) is 15.8. The standard InChI is InChI=1S/C13H12N2O2/c16-12(17)13(5-6-13)11-3-1-9(2-4-11)10-7-14-15-8-10/h1-4,7-8H,5-6H2,(H,14,15)(H,16,17).